The van der Waals surface area contributed by atoms with Crippen LogP contribution in [0.15, 0.2) is 86.0 Å². The minimum atomic E-state index is -0.443. The number of nitrogens with zero attached hydrogens (tertiary/aromatic N) is 5. The van der Waals surface area contributed by atoms with Gasteiger partial charge in [-0.25, -0.2) is 5.43 Å². The van der Waals surface area contributed by atoms with Crippen LogP contribution in [-0.2, 0) is 0 Å². The van der Waals surface area contributed by atoms with E-state index in [2.05, 4.69) is 36.5 Å². The normalized spacial score (nSPS) is 14.1. The molecule has 5 aromatic rings. The highest BCUT2D eigenvalue weighted by molar-refractivity contribution is 6.22. The Morgan fingerprint density at radius 2 is 1.24 bits per heavy atom. The van der Waals surface area contributed by atoms with Gasteiger partial charge in [0.05, 0.1) is 34.7 Å². The first kappa shape index (κ1) is 24.6. The molecule has 2 aliphatic rings. The molecule has 2 aromatic carbocycles. The van der Waals surface area contributed by atoms with Crippen LogP contribution in [0.4, 0.5) is 5.95 Å². The largest absolute Gasteiger partial charge is 0.455 e. The van der Waals surface area contributed by atoms with Gasteiger partial charge in [-0.3, -0.25) is 29.8 Å². The van der Waals surface area contributed by atoms with Crippen molar-refractivity contribution in [2.75, 3.05) is 5.43 Å². The van der Waals surface area contributed by atoms with Crippen LogP contribution in [0.1, 0.15) is 53.0 Å². The second-order valence-electron chi connectivity index (χ2n) is 9.10. The van der Waals surface area contributed by atoms with E-state index in [0.717, 1.165) is 0 Å². The Balaban J connectivity index is 1.01. The van der Waals surface area contributed by atoms with Gasteiger partial charge < -0.3 is 8.83 Å². The van der Waals surface area contributed by atoms with Crippen LogP contribution in [0, 0.1) is 0 Å². The van der Waals surface area contributed by atoms with E-state index in [4.69, 9.17) is 8.83 Å². The summed E-state index contributed by atoms with van der Waals surface area (Å²) in [6, 6.07) is 16.6. The minimum absolute atomic E-state index is 0.213. The number of anilines is 1. The third-order valence-corrected chi connectivity index (χ3v) is 6.49. The van der Waals surface area contributed by atoms with Crippen molar-refractivity contribution < 1.29 is 28.0 Å². The number of hydrogen-bond donors (Lipinski definition) is 3. The molecule has 2 aliphatic heterocycles. The Morgan fingerprint density at radius 3 is 1.83 bits per heavy atom. The van der Waals surface area contributed by atoms with Crippen LogP contribution in [0.5, 0.6) is 0 Å². The van der Waals surface area contributed by atoms with Crippen molar-refractivity contribution >= 4 is 42.0 Å². The van der Waals surface area contributed by atoms with Crippen LogP contribution in [0.2, 0.25) is 0 Å². The third-order valence-electron chi connectivity index (χ3n) is 6.49. The van der Waals surface area contributed by atoms with Crippen molar-refractivity contribution in [2.45, 2.75) is 0 Å². The van der Waals surface area contributed by atoms with Crippen LogP contribution in [-0.4, -0.2) is 50.9 Å². The van der Waals surface area contributed by atoms with Crippen molar-refractivity contribution in [1.82, 2.24) is 25.5 Å². The molecular formula is C28H16N8O6. The van der Waals surface area contributed by atoms with E-state index in [9.17, 15) is 19.2 Å². The highest BCUT2D eigenvalue weighted by Gasteiger charge is 2.28. The molecule has 0 unspecified atom stereocenters. The molecule has 0 fully saturated rings. The SMILES string of the molecule is O=C1NC(=O)c2cc(-c3ccc(/C=N/Nc4nncn4/N=C/c4ccc(-c5ccc6c(c5)C(=O)NC6=O)o4)o3)ccc21. The maximum Gasteiger partial charge on any atom is 0.265 e. The number of carbonyl (C=O) groups excluding carboxylic acids is 4. The smallest absolute Gasteiger partial charge is 0.265 e. The lowest BCUT2D eigenvalue weighted by Gasteiger charge is -2.00. The number of hydrazone groups is 1. The van der Waals surface area contributed by atoms with Gasteiger partial charge >= 0.3 is 0 Å². The minimum Gasteiger partial charge on any atom is -0.455 e. The van der Waals surface area contributed by atoms with Gasteiger partial charge in [-0.2, -0.15) is 14.9 Å². The summed E-state index contributed by atoms with van der Waals surface area (Å²) in [6.07, 6.45) is 4.25. The lowest BCUT2D eigenvalue weighted by Crippen LogP contribution is -2.19. The van der Waals surface area contributed by atoms with Crippen molar-refractivity contribution in [1.29, 1.82) is 0 Å². The second kappa shape index (κ2) is 9.63. The van der Waals surface area contributed by atoms with Gasteiger partial charge in [0, 0.05) is 11.1 Å². The summed E-state index contributed by atoms with van der Waals surface area (Å²) in [7, 11) is 0. The summed E-state index contributed by atoms with van der Waals surface area (Å²) in [5, 5.41) is 20.7. The van der Waals surface area contributed by atoms with E-state index < -0.39 is 23.6 Å². The predicted molar refractivity (Wildman–Crippen MR) is 146 cm³/mol. The molecule has 3 N–H and O–H groups in total. The molecule has 0 saturated carbocycles. The average Bonchev–Trinajstić information content (AvgIpc) is 3.82. The van der Waals surface area contributed by atoms with Gasteiger partial charge in [-0.1, -0.05) is 12.1 Å². The number of furan rings is 2. The number of benzene rings is 2. The topological polar surface area (TPSA) is 186 Å². The number of hydrogen-bond acceptors (Lipinski definition) is 11. The Kier molecular flexibility index (Phi) is 5.64. The molecule has 0 aliphatic carbocycles. The first-order valence-corrected chi connectivity index (χ1v) is 12.4. The van der Waals surface area contributed by atoms with Gasteiger partial charge in [0.15, 0.2) is 0 Å². The van der Waals surface area contributed by atoms with Crippen LogP contribution < -0.4 is 16.1 Å². The third kappa shape index (κ3) is 4.34. The number of imide groups is 2. The zero-order valence-electron chi connectivity index (χ0n) is 21.2. The van der Waals surface area contributed by atoms with E-state index in [0.29, 0.717) is 56.4 Å². The van der Waals surface area contributed by atoms with Crippen LogP contribution >= 0.6 is 0 Å². The van der Waals surface area contributed by atoms with E-state index >= 15 is 0 Å². The van der Waals surface area contributed by atoms with E-state index in [1.54, 1.807) is 60.7 Å². The molecule has 0 radical (unpaired) electrons. The molecule has 5 heterocycles. The average molecular weight is 560 g/mol. The predicted octanol–water partition coefficient (Wildman–Crippen LogP) is 2.89. The van der Waals surface area contributed by atoms with Gasteiger partial charge in [0.1, 0.15) is 29.4 Å². The molecule has 0 bridgehead atoms. The molecule has 0 saturated heterocycles. The molecule has 4 amide bonds. The number of nitrogens with one attached hydrogen (secondary N) is 3. The van der Waals surface area contributed by atoms with Gasteiger partial charge in [0.25, 0.3) is 29.6 Å². The van der Waals surface area contributed by atoms with Crippen molar-refractivity contribution in [3.8, 4) is 22.6 Å². The highest BCUT2D eigenvalue weighted by Crippen LogP contribution is 2.28. The maximum absolute atomic E-state index is 12.0. The first-order chi connectivity index (χ1) is 20.4. The van der Waals surface area contributed by atoms with E-state index in [1.807, 2.05) is 0 Å². The fourth-order valence-electron chi connectivity index (χ4n) is 4.46. The van der Waals surface area contributed by atoms with Crippen molar-refractivity contribution in [3.63, 3.8) is 0 Å². The molecule has 3 aromatic heterocycles. The zero-order chi connectivity index (χ0) is 28.8. The fraction of sp³-hybridized carbons (Fsp3) is 0. The Hall–Kier alpha value is -6.44. The summed E-state index contributed by atoms with van der Waals surface area (Å²) in [4.78, 5) is 47.4. The molecule has 0 atom stereocenters. The molecule has 14 nitrogen and oxygen atoms in total. The van der Waals surface area contributed by atoms with Gasteiger partial charge in [0.2, 0.25) is 0 Å². The fourth-order valence-corrected chi connectivity index (χ4v) is 4.46. The van der Waals surface area contributed by atoms with E-state index in [-0.39, 0.29) is 5.95 Å². The standard InChI is InChI=1S/C28H16N8O6/c37-24-18-5-1-14(9-20(18)26(39)32-24)22-7-3-16(41-22)11-29-34-28-35-30-13-36(28)31-12-17-4-8-23(42-17)15-2-6-19-21(10-15)27(40)33-25(19)38/h1-13H,(H,34,35)(H,32,37,39)(H,33,38,40)/b29-11+,31-12+. The maximum atomic E-state index is 12.0. The lowest BCUT2D eigenvalue weighted by atomic mass is 10.0. The Morgan fingerprint density at radius 1 is 0.690 bits per heavy atom. The summed E-state index contributed by atoms with van der Waals surface area (Å²) in [6.45, 7) is 0. The first-order valence-electron chi connectivity index (χ1n) is 12.4. The van der Waals surface area contributed by atoms with Crippen LogP contribution in [0.25, 0.3) is 22.6 Å². The molecule has 204 valence electrons. The van der Waals surface area contributed by atoms with Crippen molar-refractivity contribution in [3.05, 3.63) is 101 Å². The summed E-state index contributed by atoms with van der Waals surface area (Å²) in [5.41, 5.74) is 5.26. The summed E-state index contributed by atoms with van der Waals surface area (Å²) < 4.78 is 13.0. The number of amides is 4. The van der Waals surface area contributed by atoms with E-state index in [1.165, 1.54) is 23.4 Å². The molecule has 42 heavy (non-hydrogen) atoms. The van der Waals surface area contributed by atoms with Crippen LogP contribution in [0.3, 0.4) is 0 Å². The number of aromatic nitrogens is 3. The zero-order valence-corrected chi connectivity index (χ0v) is 21.2. The molecule has 14 heteroatoms. The second-order valence-corrected chi connectivity index (χ2v) is 9.10. The summed E-state index contributed by atoms with van der Waals surface area (Å²) in [5.74, 6) is 0.318. The van der Waals surface area contributed by atoms with Gasteiger partial charge in [-0.15, -0.1) is 10.2 Å². The molecule has 0 spiro atoms. The number of fused-ring (bicyclic) bond motifs is 2. The Bertz CT molecular complexity index is 2010. The van der Waals surface area contributed by atoms with Crippen molar-refractivity contribution in [2.24, 2.45) is 10.2 Å². The quantitative estimate of drug-likeness (QED) is 0.153. The monoisotopic (exact) mass is 560 g/mol. The number of carbonyl (C=O) groups is 4. The number of rotatable bonds is 7. The highest BCUT2D eigenvalue weighted by atomic mass is 16.3. The summed E-state index contributed by atoms with van der Waals surface area (Å²) >= 11 is 0. The Labute approximate surface area is 234 Å². The molecular weight excluding hydrogens is 544 g/mol. The lowest BCUT2D eigenvalue weighted by molar-refractivity contribution is 0.0863. The van der Waals surface area contributed by atoms with Gasteiger partial charge in [-0.05, 0) is 48.5 Å². The molecule has 7 rings (SSSR count).